The molecule has 0 saturated carbocycles. The van der Waals surface area contributed by atoms with E-state index in [0.29, 0.717) is 21.5 Å². The lowest BCUT2D eigenvalue weighted by Gasteiger charge is -2.19. The summed E-state index contributed by atoms with van der Waals surface area (Å²) >= 11 is 1.27. The molecule has 0 saturated heterocycles. The Morgan fingerprint density at radius 3 is 2.43 bits per heavy atom. The predicted octanol–water partition coefficient (Wildman–Crippen LogP) is 5.02. The van der Waals surface area contributed by atoms with E-state index in [2.05, 4.69) is 4.98 Å². The first-order valence-corrected chi connectivity index (χ1v) is 10.4. The summed E-state index contributed by atoms with van der Waals surface area (Å²) in [6.45, 7) is 9.28. The summed E-state index contributed by atoms with van der Waals surface area (Å²) in [5.74, 6) is -0.623. The number of nitrogens with zero attached hydrogens (tertiary/aromatic N) is 2. The van der Waals surface area contributed by atoms with Gasteiger partial charge in [0.15, 0.2) is 5.01 Å². The van der Waals surface area contributed by atoms with E-state index in [-0.39, 0.29) is 17.3 Å². The first-order valence-electron chi connectivity index (χ1n) is 9.48. The molecule has 0 atom stereocenters. The van der Waals surface area contributed by atoms with Crippen LogP contribution in [0.3, 0.4) is 0 Å². The second-order valence-corrected chi connectivity index (χ2v) is 9.04. The third-order valence-electron chi connectivity index (χ3n) is 4.37. The topological polar surface area (TPSA) is 87.5 Å². The van der Waals surface area contributed by atoms with Crippen molar-refractivity contribution in [2.24, 2.45) is 0 Å². The third kappa shape index (κ3) is 4.28. The number of benzene rings is 1. The van der Waals surface area contributed by atoms with E-state index in [1.807, 2.05) is 19.2 Å². The highest BCUT2D eigenvalue weighted by atomic mass is 32.1. The standard InChI is InChI=1S/C22H24N2O5S/c1-12(2)16-11-30-19(23-16)18(25)15-10-24(21(27)29-22(3,4)5)17-9-13(20(26)28-6)7-8-14(15)17/h7-12H,1-6H3. The Morgan fingerprint density at radius 2 is 1.87 bits per heavy atom. The number of carbonyl (C=O) groups is 3. The summed E-state index contributed by atoms with van der Waals surface area (Å²) < 4.78 is 11.5. The van der Waals surface area contributed by atoms with Crippen LogP contribution in [0.15, 0.2) is 29.8 Å². The molecule has 7 nitrogen and oxygen atoms in total. The van der Waals surface area contributed by atoms with Gasteiger partial charge in [-0.25, -0.2) is 14.6 Å². The molecule has 30 heavy (non-hydrogen) atoms. The average Bonchev–Trinajstić information content (AvgIpc) is 3.30. The second-order valence-electron chi connectivity index (χ2n) is 8.18. The Labute approximate surface area is 178 Å². The van der Waals surface area contributed by atoms with Crippen LogP contribution in [0.5, 0.6) is 0 Å². The Morgan fingerprint density at radius 1 is 1.17 bits per heavy atom. The fraction of sp³-hybridized carbons (Fsp3) is 0.364. The predicted molar refractivity (Wildman–Crippen MR) is 115 cm³/mol. The zero-order valence-corrected chi connectivity index (χ0v) is 18.6. The highest BCUT2D eigenvalue weighted by Gasteiger charge is 2.25. The highest BCUT2D eigenvalue weighted by molar-refractivity contribution is 7.12. The number of methoxy groups -OCH3 is 1. The van der Waals surface area contributed by atoms with Gasteiger partial charge in [-0.15, -0.1) is 11.3 Å². The van der Waals surface area contributed by atoms with Crippen molar-refractivity contribution < 1.29 is 23.9 Å². The van der Waals surface area contributed by atoms with Gasteiger partial charge in [0.1, 0.15) is 5.60 Å². The fourth-order valence-electron chi connectivity index (χ4n) is 2.89. The zero-order chi connectivity index (χ0) is 22.2. The Bertz CT molecular complexity index is 1130. The summed E-state index contributed by atoms with van der Waals surface area (Å²) in [5, 5.41) is 2.74. The molecular formula is C22H24N2O5S. The Balaban J connectivity index is 2.15. The lowest BCUT2D eigenvalue weighted by molar-refractivity contribution is 0.0541. The molecule has 0 bridgehead atoms. The van der Waals surface area contributed by atoms with Crippen LogP contribution in [0.25, 0.3) is 10.9 Å². The van der Waals surface area contributed by atoms with Crippen LogP contribution < -0.4 is 0 Å². The van der Waals surface area contributed by atoms with Crippen LogP contribution in [0, 0.1) is 0 Å². The summed E-state index contributed by atoms with van der Waals surface area (Å²) in [4.78, 5) is 42.4. The lowest BCUT2D eigenvalue weighted by Crippen LogP contribution is -2.26. The molecule has 3 rings (SSSR count). The Hall–Kier alpha value is -3.00. The van der Waals surface area contributed by atoms with E-state index in [1.54, 1.807) is 32.9 Å². The van der Waals surface area contributed by atoms with E-state index in [0.717, 1.165) is 5.69 Å². The third-order valence-corrected chi connectivity index (χ3v) is 5.23. The van der Waals surface area contributed by atoms with Gasteiger partial charge < -0.3 is 9.47 Å². The first kappa shape index (κ1) is 21.7. The maximum Gasteiger partial charge on any atom is 0.419 e. The number of rotatable bonds is 4. The normalized spacial score (nSPS) is 11.7. The minimum atomic E-state index is -0.723. The molecule has 0 fully saturated rings. The summed E-state index contributed by atoms with van der Waals surface area (Å²) in [5.41, 5.74) is 1.09. The molecule has 2 aromatic heterocycles. The number of hydrogen-bond donors (Lipinski definition) is 0. The van der Waals surface area contributed by atoms with Gasteiger partial charge >= 0.3 is 12.1 Å². The van der Waals surface area contributed by atoms with Gasteiger partial charge in [-0.2, -0.15) is 0 Å². The summed E-state index contributed by atoms with van der Waals surface area (Å²) in [7, 11) is 1.28. The van der Waals surface area contributed by atoms with Crippen molar-refractivity contribution in [3.8, 4) is 0 Å². The Kier molecular flexibility index (Phi) is 5.81. The molecule has 0 aliphatic rings. The van der Waals surface area contributed by atoms with Crippen LogP contribution in [0.1, 0.15) is 72.0 Å². The van der Waals surface area contributed by atoms with Crippen molar-refractivity contribution in [1.29, 1.82) is 0 Å². The van der Waals surface area contributed by atoms with Crippen LogP contribution in [0.2, 0.25) is 0 Å². The number of ketones is 1. The molecule has 0 spiro atoms. The maximum absolute atomic E-state index is 13.2. The second kappa shape index (κ2) is 8.02. The van der Waals surface area contributed by atoms with Crippen molar-refractivity contribution in [3.05, 3.63) is 51.6 Å². The number of carbonyl (C=O) groups excluding carboxylic acids is 3. The molecule has 0 amide bonds. The van der Waals surface area contributed by atoms with Gasteiger partial charge in [-0.05, 0) is 38.8 Å². The van der Waals surface area contributed by atoms with Crippen LogP contribution in [0.4, 0.5) is 4.79 Å². The molecule has 158 valence electrons. The highest BCUT2D eigenvalue weighted by Crippen LogP contribution is 2.28. The molecular weight excluding hydrogens is 404 g/mol. The van der Waals surface area contributed by atoms with Gasteiger partial charge in [0.05, 0.1) is 29.4 Å². The average molecular weight is 429 g/mol. The first-order chi connectivity index (χ1) is 14.0. The molecule has 0 radical (unpaired) electrons. The van der Waals surface area contributed by atoms with Crippen LogP contribution >= 0.6 is 11.3 Å². The van der Waals surface area contributed by atoms with E-state index in [9.17, 15) is 14.4 Å². The van der Waals surface area contributed by atoms with Gasteiger partial charge in [-0.1, -0.05) is 19.9 Å². The largest absolute Gasteiger partial charge is 0.465 e. The maximum atomic E-state index is 13.2. The molecule has 1 aromatic carbocycles. The summed E-state index contributed by atoms with van der Waals surface area (Å²) in [6.07, 6.45) is 0.800. The number of esters is 1. The number of fused-ring (bicyclic) bond motifs is 1. The van der Waals surface area contributed by atoms with E-state index < -0.39 is 17.7 Å². The van der Waals surface area contributed by atoms with Crippen LogP contribution in [-0.4, -0.2) is 40.1 Å². The molecule has 0 aliphatic heterocycles. The van der Waals surface area contributed by atoms with E-state index >= 15 is 0 Å². The number of aromatic nitrogens is 2. The minimum Gasteiger partial charge on any atom is -0.465 e. The monoisotopic (exact) mass is 428 g/mol. The molecule has 0 N–H and O–H groups in total. The number of hydrogen-bond acceptors (Lipinski definition) is 7. The molecule has 0 unspecified atom stereocenters. The summed E-state index contributed by atoms with van der Waals surface area (Å²) in [6, 6.07) is 4.71. The van der Waals surface area contributed by atoms with Crippen molar-refractivity contribution in [2.75, 3.05) is 7.11 Å². The molecule has 0 aliphatic carbocycles. The van der Waals surface area contributed by atoms with E-state index in [4.69, 9.17) is 9.47 Å². The zero-order valence-electron chi connectivity index (χ0n) is 17.8. The number of thiazole rings is 1. The molecule has 8 heteroatoms. The van der Waals surface area contributed by atoms with Crippen LogP contribution in [-0.2, 0) is 9.47 Å². The quantitative estimate of drug-likeness (QED) is 0.428. The molecule has 3 aromatic rings. The van der Waals surface area contributed by atoms with Crippen molar-refractivity contribution in [2.45, 2.75) is 46.1 Å². The van der Waals surface area contributed by atoms with Crippen molar-refractivity contribution in [3.63, 3.8) is 0 Å². The number of ether oxygens (including phenoxy) is 2. The smallest absolute Gasteiger partial charge is 0.419 e. The van der Waals surface area contributed by atoms with E-state index in [1.165, 1.54) is 35.3 Å². The lowest BCUT2D eigenvalue weighted by atomic mass is 10.1. The fourth-order valence-corrected chi connectivity index (χ4v) is 3.82. The molecule has 2 heterocycles. The van der Waals surface area contributed by atoms with Gasteiger partial charge in [0, 0.05) is 17.0 Å². The SMILES string of the molecule is COC(=O)c1ccc2c(C(=O)c3nc(C(C)C)cs3)cn(C(=O)OC(C)(C)C)c2c1. The van der Waals surface area contributed by atoms with Crippen molar-refractivity contribution in [1.82, 2.24) is 9.55 Å². The van der Waals surface area contributed by atoms with Gasteiger partial charge in [-0.3, -0.25) is 9.36 Å². The minimum absolute atomic E-state index is 0.202. The van der Waals surface area contributed by atoms with Crippen molar-refractivity contribution >= 4 is 40.1 Å². The van der Waals surface area contributed by atoms with Gasteiger partial charge in [0.2, 0.25) is 5.78 Å². The van der Waals surface area contributed by atoms with Gasteiger partial charge in [0.25, 0.3) is 0 Å².